The number of hydrogen-bond acceptors (Lipinski definition) is 9. The molecular weight excluding hydrogens is 588 g/mol. The van der Waals surface area contributed by atoms with Crippen LogP contribution in [0.25, 0.3) is 11.1 Å². The monoisotopic (exact) mass is 622 g/mol. The van der Waals surface area contributed by atoms with Gasteiger partial charge in [0.25, 0.3) is 5.91 Å². The number of thioether (sulfide) groups is 1. The van der Waals surface area contributed by atoms with Crippen molar-refractivity contribution < 1.29 is 19.4 Å². The van der Waals surface area contributed by atoms with Crippen molar-refractivity contribution in [1.29, 1.82) is 0 Å². The second-order valence-electron chi connectivity index (χ2n) is 11.0. The number of hydrogen-bond donors (Lipinski definition) is 2. The highest BCUT2D eigenvalue weighted by atomic mass is 32.2. The third-order valence-electron chi connectivity index (χ3n) is 7.88. The number of ether oxygens (including phenoxy) is 2. The van der Waals surface area contributed by atoms with Gasteiger partial charge in [-0.25, -0.2) is 4.68 Å². The fourth-order valence-electron chi connectivity index (χ4n) is 5.32. The second kappa shape index (κ2) is 14.1. The number of carbonyl (C=O) groups excluding carboxylic acids is 1. The van der Waals surface area contributed by atoms with Crippen molar-refractivity contribution in [3.63, 3.8) is 0 Å². The minimum absolute atomic E-state index is 0.0109. The number of nitrogens with one attached hydrogen (secondary N) is 1. The summed E-state index contributed by atoms with van der Waals surface area (Å²) in [7, 11) is 1.82. The van der Waals surface area contributed by atoms with Crippen LogP contribution in [0, 0.1) is 5.92 Å². The summed E-state index contributed by atoms with van der Waals surface area (Å²) in [5, 5.41) is 25.1. The van der Waals surface area contributed by atoms with Crippen LogP contribution in [0.2, 0.25) is 0 Å². The van der Waals surface area contributed by atoms with E-state index in [1.165, 1.54) is 0 Å². The lowest BCUT2D eigenvalue weighted by molar-refractivity contribution is -0.268. The highest BCUT2D eigenvalue weighted by Crippen LogP contribution is 2.43. The second-order valence-corrected chi connectivity index (χ2v) is 12.0. The largest absolute Gasteiger partial charge is 0.392 e. The Balaban J connectivity index is 1.22. The first-order valence-corrected chi connectivity index (χ1v) is 15.7. The van der Waals surface area contributed by atoms with Gasteiger partial charge in [-0.1, -0.05) is 79.3 Å². The predicted octanol–water partition coefficient (Wildman–Crippen LogP) is 5.28. The summed E-state index contributed by atoms with van der Waals surface area (Å²) >= 11 is 1.55. The van der Waals surface area contributed by atoms with E-state index in [0.717, 1.165) is 38.5 Å². The van der Waals surface area contributed by atoms with Crippen LogP contribution in [-0.2, 0) is 29.7 Å². The van der Waals surface area contributed by atoms with E-state index in [2.05, 4.69) is 57.0 Å². The van der Waals surface area contributed by atoms with Crippen molar-refractivity contribution in [3.8, 4) is 11.1 Å². The molecule has 6 rings (SSSR count). The van der Waals surface area contributed by atoms with Crippen LogP contribution in [-0.4, -0.2) is 48.1 Å². The highest BCUT2D eigenvalue weighted by molar-refractivity contribution is 7.99. The first-order valence-electron chi connectivity index (χ1n) is 14.7. The lowest BCUT2D eigenvalue weighted by Gasteiger charge is -2.41. The minimum Gasteiger partial charge on any atom is -0.392 e. The molecule has 1 saturated heterocycles. The van der Waals surface area contributed by atoms with Crippen molar-refractivity contribution in [3.05, 3.63) is 125 Å². The number of nitrogens with zero attached hydrogens (tertiary/aromatic N) is 5. The van der Waals surface area contributed by atoms with Gasteiger partial charge in [-0.2, -0.15) is 0 Å². The molecule has 0 bridgehead atoms. The zero-order valence-electron chi connectivity index (χ0n) is 25.0. The van der Waals surface area contributed by atoms with E-state index in [1.807, 2.05) is 55.6 Å². The van der Waals surface area contributed by atoms with Crippen LogP contribution in [0.3, 0.4) is 0 Å². The molecule has 0 saturated carbocycles. The zero-order chi connectivity index (χ0) is 31.2. The summed E-state index contributed by atoms with van der Waals surface area (Å²) < 4.78 is 14.9. The molecule has 10 nitrogen and oxygen atoms in total. The number of aliphatic hydroxyl groups excluding tert-OH is 1. The molecule has 0 radical (unpaired) electrons. The summed E-state index contributed by atoms with van der Waals surface area (Å²) in [6, 6.07) is 27.7. The summed E-state index contributed by atoms with van der Waals surface area (Å²) in [4.78, 5) is 16.6. The van der Waals surface area contributed by atoms with Crippen LogP contribution in [0.15, 0.2) is 102 Å². The normalized spacial score (nSPS) is 19.7. The van der Waals surface area contributed by atoms with E-state index in [-0.39, 0.29) is 30.6 Å². The molecule has 4 unspecified atom stereocenters. The maximum atomic E-state index is 12.5. The fourth-order valence-corrected chi connectivity index (χ4v) is 6.33. The van der Waals surface area contributed by atoms with Crippen LogP contribution in [0.4, 0.5) is 0 Å². The number of tetrazole rings is 1. The van der Waals surface area contributed by atoms with Crippen LogP contribution >= 0.6 is 11.8 Å². The molecule has 0 spiro atoms. The molecule has 0 aliphatic carbocycles. The lowest BCUT2D eigenvalue weighted by atomic mass is 9.91. The van der Waals surface area contributed by atoms with Gasteiger partial charge in [0.15, 0.2) is 6.29 Å². The van der Waals surface area contributed by atoms with E-state index < -0.39 is 6.29 Å². The molecule has 5 aromatic rings. The van der Waals surface area contributed by atoms with Crippen LogP contribution < -0.4 is 5.32 Å². The molecule has 3 heterocycles. The van der Waals surface area contributed by atoms with E-state index in [9.17, 15) is 9.90 Å². The molecule has 2 aromatic heterocycles. The van der Waals surface area contributed by atoms with Gasteiger partial charge in [-0.3, -0.25) is 9.78 Å². The Kier molecular flexibility index (Phi) is 9.61. The third-order valence-corrected chi connectivity index (χ3v) is 8.98. The number of aromatic nitrogens is 5. The number of carbonyl (C=O) groups is 1. The molecule has 11 heteroatoms. The van der Waals surface area contributed by atoms with Gasteiger partial charge in [-0.15, -0.1) is 5.10 Å². The minimum atomic E-state index is -0.603. The standard InChI is InChI=1S/C34H34N6O4S/c1-22-30(21-45-34-37-38-39-40(34)2)43-33(44-31(22)25-13-11-23(20-41)12-14-25)28-9-4-8-27(17-28)26-7-3-6-24(16-26)18-36-32(42)29-10-5-15-35-19-29/h3-17,19,22,30-31,33,41H,18,20-21H2,1-2H3,(H,36,42). The average molecular weight is 623 g/mol. The lowest BCUT2D eigenvalue weighted by Crippen LogP contribution is -2.38. The molecule has 1 amide bonds. The number of benzene rings is 3. The molecule has 45 heavy (non-hydrogen) atoms. The van der Waals surface area contributed by atoms with Crippen molar-refractivity contribution in [2.45, 2.75) is 43.7 Å². The van der Waals surface area contributed by atoms with Crippen molar-refractivity contribution in [1.82, 2.24) is 30.5 Å². The number of rotatable bonds is 10. The maximum Gasteiger partial charge on any atom is 0.253 e. The Morgan fingerprint density at radius 2 is 1.76 bits per heavy atom. The van der Waals surface area contributed by atoms with Gasteiger partial charge >= 0.3 is 0 Å². The summed E-state index contributed by atoms with van der Waals surface area (Å²) in [5.41, 5.74) is 6.32. The summed E-state index contributed by atoms with van der Waals surface area (Å²) in [6.45, 7) is 2.52. The van der Waals surface area contributed by atoms with E-state index in [1.54, 1.807) is 41.0 Å². The van der Waals surface area contributed by atoms with Crippen LogP contribution in [0.1, 0.15) is 51.9 Å². The Labute approximate surface area is 265 Å². The van der Waals surface area contributed by atoms with Gasteiger partial charge in [0.2, 0.25) is 5.16 Å². The highest BCUT2D eigenvalue weighted by Gasteiger charge is 2.38. The van der Waals surface area contributed by atoms with Crippen molar-refractivity contribution in [2.75, 3.05) is 5.75 Å². The van der Waals surface area contributed by atoms with Gasteiger partial charge in [-0.05, 0) is 62.5 Å². The first-order chi connectivity index (χ1) is 22.0. The third kappa shape index (κ3) is 7.29. The quantitative estimate of drug-likeness (QED) is 0.200. The molecule has 1 aliphatic rings. The van der Waals surface area contributed by atoms with E-state index in [0.29, 0.717) is 17.9 Å². The number of aliphatic hydroxyl groups is 1. The molecular formula is C34H34N6O4S. The van der Waals surface area contributed by atoms with Gasteiger partial charge in [0.1, 0.15) is 0 Å². The molecule has 2 N–H and O–H groups in total. The topological polar surface area (TPSA) is 124 Å². The first kappa shape index (κ1) is 30.6. The van der Waals surface area contributed by atoms with Gasteiger partial charge < -0.3 is 19.9 Å². The molecule has 1 fully saturated rings. The Morgan fingerprint density at radius 3 is 2.49 bits per heavy atom. The van der Waals surface area contributed by atoms with Crippen LogP contribution in [0.5, 0.6) is 0 Å². The van der Waals surface area contributed by atoms with Gasteiger partial charge in [0.05, 0.1) is 24.4 Å². The zero-order valence-corrected chi connectivity index (χ0v) is 25.8. The maximum absolute atomic E-state index is 12.5. The smallest absolute Gasteiger partial charge is 0.253 e. The van der Waals surface area contributed by atoms with E-state index in [4.69, 9.17) is 9.47 Å². The molecule has 4 atom stereocenters. The fraction of sp³-hybridized carbons (Fsp3) is 0.265. The molecule has 3 aromatic carbocycles. The van der Waals surface area contributed by atoms with Crippen molar-refractivity contribution in [2.24, 2.45) is 13.0 Å². The van der Waals surface area contributed by atoms with Gasteiger partial charge in [0, 0.05) is 43.2 Å². The predicted molar refractivity (Wildman–Crippen MR) is 170 cm³/mol. The van der Waals surface area contributed by atoms with E-state index >= 15 is 0 Å². The summed E-state index contributed by atoms with van der Waals surface area (Å²) in [6.07, 6.45) is 2.22. The average Bonchev–Trinajstić information content (AvgIpc) is 3.51. The molecule has 230 valence electrons. The number of amides is 1. The molecule has 1 aliphatic heterocycles. The Bertz CT molecular complexity index is 1730. The number of pyridine rings is 1. The summed E-state index contributed by atoms with van der Waals surface area (Å²) in [5.74, 6) is 0.518. The SMILES string of the molecule is CC1C(CSc2nnnn2C)OC(c2cccc(-c3cccc(CNC(=O)c4cccnc4)c3)c2)OC1c1ccc(CO)cc1. The van der Waals surface area contributed by atoms with Crippen molar-refractivity contribution >= 4 is 17.7 Å². The Morgan fingerprint density at radius 1 is 0.956 bits per heavy atom. The Hall–Kier alpha value is -4.42. The number of aryl methyl sites for hydroxylation is 1.